The van der Waals surface area contributed by atoms with Crippen molar-refractivity contribution in [2.45, 2.75) is 6.42 Å². The van der Waals surface area contributed by atoms with Gasteiger partial charge in [0.15, 0.2) is 0 Å². The summed E-state index contributed by atoms with van der Waals surface area (Å²) in [6.45, 7) is -0.0365. The molecule has 0 aliphatic rings. The molecule has 2 aromatic carbocycles. The second kappa shape index (κ2) is 8.73. The summed E-state index contributed by atoms with van der Waals surface area (Å²) in [6, 6.07) is 14.4. The molecule has 0 aromatic heterocycles. The van der Waals surface area contributed by atoms with Gasteiger partial charge in [0.2, 0.25) is 11.8 Å². The third-order valence-corrected chi connectivity index (χ3v) is 3.69. The Morgan fingerprint density at radius 2 is 1.80 bits per heavy atom. The number of anilines is 1. The summed E-state index contributed by atoms with van der Waals surface area (Å²) >= 11 is 0. The van der Waals surface area contributed by atoms with Crippen LogP contribution >= 0.6 is 0 Å². The summed E-state index contributed by atoms with van der Waals surface area (Å²) < 4.78 is 10.4. The van der Waals surface area contributed by atoms with Gasteiger partial charge in [-0.3, -0.25) is 9.59 Å². The van der Waals surface area contributed by atoms with E-state index in [2.05, 4.69) is 5.32 Å². The van der Waals surface area contributed by atoms with Crippen LogP contribution in [-0.2, 0) is 16.0 Å². The van der Waals surface area contributed by atoms with Crippen molar-refractivity contribution in [1.82, 2.24) is 4.90 Å². The van der Waals surface area contributed by atoms with E-state index in [9.17, 15) is 9.59 Å². The number of para-hydroxylation sites is 1. The minimum Gasteiger partial charge on any atom is -0.497 e. The lowest BCUT2D eigenvalue weighted by atomic mass is 10.1. The summed E-state index contributed by atoms with van der Waals surface area (Å²) in [6.07, 6.45) is 0.174. The Labute approximate surface area is 147 Å². The molecule has 1 N–H and O–H groups in total. The van der Waals surface area contributed by atoms with Crippen LogP contribution < -0.4 is 14.8 Å². The predicted octanol–water partition coefficient (Wildman–Crippen LogP) is 2.34. The Morgan fingerprint density at radius 1 is 1.04 bits per heavy atom. The van der Waals surface area contributed by atoms with Crippen LogP contribution in [-0.4, -0.2) is 44.5 Å². The van der Waals surface area contributed by atoms with E-state index in [0.717, 1.165) is 5.56 Å². The maximum atomic E-state index is 12.3. The number of ether oxygens (including phenoxy) is 2. The van der Waals surface area contributed by atoms with Crippen LogP contribution in [0.1, 0.15) is 5.56 Å². The quantitative estimate of drug-likeness (QED) is 0.839. The Morgan fingerprint density at radius 3 is 2.52 bits per heavy atom. The van der Waals surface area contributed by atoms with Crippen LogP contribution in [0.4, 0.5) is 5.69 Å². The van der Waals surface area contributed by atoms with Crippen molar-refractivity contribution < 1.29 is 19.1 Å². The number of likely N-dealkylation sites (N-methyl/N-ethyl adjacent to an activating group) is 1. The monoisotopic (exact) mass is 342 g/mol. The summed E-state index contributed by atoms with van der Waals surface area (Å²) in [4.78, 5) is 25.9. The van der Waals surface area contributed by atoms with Crippen molar-refractivity contribution in [3.63, 3.8) is 0 Å². The summed E-state index contributed by atoms with van der Waals surface area (Å²) in [5.74, 6) is 0.873. The van der Waals surface area contributed by atoms with Gasteiger partial charge in [0.1, 0.15) is 11.5 Å². The zero-order valence-electron chi connectivity index (χ0n) is 14.6. The van der Waals surface area contributed by atoms with Gasteiger partial charge < -0.3 is 19.7 Å². The van der Waals surface area contributed by atoms with Gasteiger partial charge in [-0.15, -0.1) is 0 Å². The number of rotatable bonds is 7. The van der Waals surface area contributed by atoms with E-state index in [1.54, 1.807) is 51.6 Å². The van der Waals surface area contributed by atoms with Crippen molar-refractivity contribution in [3.8, 4) is 11.5 Å². The topological polar surface area (TPSA) is 67.9 Å². The normalized spacial score (nSPS) is 10.0. The zero-order chi connectivity index (χ0) is 18.2. The van der Waals surface area contributed by atoms with Gasteiger partial charge in [0, 0.05) is 24.4 Å². The van der Waals surface area contributed by atoms with Crippen LogP contribution in [0.15, 0.2) is 48.5 Å². The molecule has 0 saturated heterocycles. The first-order valence-electron chi connectivity index (χ1n) is 7.83. The van der Waals surface area contributed by atoms with Gasteiger partial charge in [-0.2, -0.15) is 0 Å². The van der Waals surface area contributed by atoms with E-state index in [1.165, 1.54) is 4.90 Å². The molecule has 2 rings (SSSR count). The highest BCUT2D eigenvalue weighted by Crippen LogP contribution is 2.19. The molecule has 132 valence electrons. The van der Waals surface area contributed by atoms with Gasteiger partial charge in [-0.05, 0) is 18.2 Å². The number of hydrogen-bond donors (Lipinski definition) is 1. The van der Waals surface area contributed by atoms with E-state index in [0.29, 0.717) is 17.2 Å². The molecule has 0 atom stereocenters. The Balaban J connectivity index is 1.92. The van der Waals surface area contributed by atoms with Gasteiger partial charge in [0.05, 0.1) is 27.2 Å². The van der Waals surface area contributed by atoms with Crippen LogP contribution in [0.25, 0.3) is 0 Å². The van der Waals surface area contributed by atoms with Crippen molar-refractivity contribution in [3.05, 3.63) is 54.1 Å². The van der Waals surface area contributed by atoms with Crippen molar-refractivity contribution in [2.75, 3.05) is 33.1 Å². The summed E-state index contributed by atoms with van der Waals surface area (Å²) in [5.41, 5.74) is 1.41. The van der Waals surface area contributed by atoms with Crippen LogP contribution in [0.2, 0.25) is 0 Å². The minimum absolute atomic E-state index is 0.0365. The molecular formula is C19H22N2O4. The SMILES string of the molecule is COc1cccc(NC(=O)CN(C)C(=O)Cc2ccccc2OC)c1. The first kappa shape index (κ1) is 18.3. The van der Waals surface area contributed by atoms with Crippen LogP contribution in [0.3, 0.4) is 0 Å². The van der Waals surface area contributed by atoms with E-state index in [1.807, 2.05) is 18.2 Å². The molecule has 0 aliphatic carbocycles. The van der Waals surface area contributed by atoms with Gasteiger partial charge in [-0.1, -0.05) is 24.3 Å². The van der Waals surface area contributed by atoms with Crippen molar-refractivity contribution >= 4 is 17.5 Å². The first-order chi connectivity index (χ1) is 12.0. The van der Waals surface area contributed by atoms with Crippen molar-refractivity contribution in [2.24, 2.45) is 0 Å². The fourth-order valence-corrected chi connectivity index (χ4v) is 2.35. The Hall–Kier alpha value is -3.02. The number of methoxy groups -OCH3 is 2. The fourth-order valence-electron chi connectivity index (χ4n) is 2.35. The molecular weight excluding hydrogens is 320 g/mol. The molecule has 0 saturated carbocycles. The lowest BCUT2D eigenvalue weighted by molar-refractivity contribution is -0.132. The minimum atomic E-state index is -0.274. The van der Waals surface area contributed by atoms with Gasteiger partial charge in [0.25, 0.3) is 0 Å². The average Bonchev–Trinajstić information content (AvgIpc) is 2.62. The zero-order valence-corrected chi connectivity index (χ0v) is 14.6. The number of carbonyl (C=O) groups excluding carboxylic acids is 2. The van der Waals surface area contributed by atoms with E-state index in [4.69, 9.17) is 9.47 Å². The maximum Gasteiger partial charge on any atom is 0.243 e. The number of hydrogen-bond acceptors (Lipinski definition) is 4. The average molecular weight is 342 g/mol. The number of benzene rings is 2. The Bertz CT molecular complexity index is 746. The van der Waals surface area contributed by atoms with E-state index in [-0.39, 0.29) is 24.8 Å². The molecule has 0 fully saturated rings. The molecule has 6 nitrogen and oxygen atoms in total. The molecule has 0 radical (unpaired) electrons. The molecule has 0 spiro atoms. The van der Waals surface area contributed by atoms with E-state index >= 15 is 0 Å². The molecule has 6 heteroatoms. The van der Waals surface area contributed by atoms with E-state index < -0.39 is 0 Å². The highest BCUT2D eigenvalue weighted by atomic mass is 16.5. The molecule has 0 aliphatic heterocycles. The highest BCUT2D eigenvalue weighted by Gasteiger charge is 2.15. The smallest absolute Gasteiger partial charge is 0.243 e. The lowest BCUT2D eigenvalue weighted by Crippen LogP contribution is -2.35. The van der Waals surface area contributed by atoms with Crippen molar-refractivity contribution in [1.29, 1.82) is 0 Å². The standard InChI is InChI=1S/C19H22N2O4/c1-21(19(23)11-14-7-4-5-10-17(14)25-3)13-18(22)20-15-8-6-9-16(12-15)24-2/h4-10,12H,11,13H2,1-3H3,(H,20,22). The summed E-state index contributed by atoms with van der Waals surface area (Å²) in [7, 11) is 4.72. The first-order valence-corrected chi connectivity index (χ1v) is 7.83. The molecule has 0 unspecified atom stereocenters. The molecule has 25 heavy (non-hydrogen) atoms. The van der Waals surface area contributed by atoms with Crippen LogP contribution in [0.5, 0.6) is 11.5 Å². The van der Waals surface area contributed by atoms with Crippen LogP contribution in [0, 0.1) is 0 Å². The summed E-state index contributed by atoms with van der Waals surface area (Å²) in [5, 5.41) is 2.75. The predicted molar refractivity (Wildman–Crippen MR) is 96.0 cm³/mol. The number of nitrogens with one attached hydrogen (secondary N) is 1. The highest BCUT2D eigenvalue weighted by molar-refractivity contribution is 5.94. The largest absolute Gasteiger partial charge is 0.497 e. The third kappa shape index (κ3) is 5.24. The number of nitrogens with zero attached hydrogens (tertiary/aromatic N) is 1. The maximum absolute atomic E-state index is 12.3. The van der Waals surface area contributed by atoms with Gasteiger partial charge in [-0.25, -0.2) is 0 Å². The number of carbonyl (C=O) groups is 2. The Kier molecular flexibility index (Phi) is 6.39. The molecule has 2 amide bonds. The second-order valence-electron chi connectivity index (χ2n) is 5.52. The second-order valence-corrected chi connectivity index (χ2v) is 5.52. The number of amides is 2. The van der Waals surface area contributed by atoms with Gasteiger partial charge >= 0.3 is 0 Å². The molecule has 2 aromatic rings. The third-order valence-electron chi connectivity index (χ3n) is 3.69. The fraction of sp³-hybridized carbons (Fsp3) is 0.263. The lowest BCUT2D eigenvalue weighted by Gasteiger charge is -2.18. The molecule has 0 heterocycles. The molecule has 0 bridgehead atoms.